The normalized spacial score (nSPS) is 16.4. The second kappa shape index (κ2) is 9.47. The first-order chi connectivity index (χ1) is 17.2. The maximum Gasteiger partial charge on any atom is 0.410 e. The van der Waals surface area contributed by atoms with Crippen molar-refractivity contribution >= 4 is 34.8 Å². The third-order valence-corrected chi connectivity index (χ3v) is 6.43. The highest BCUT2D eigenvalue weighted by Crippen LogP contribution is 2.42. The van der Waals surface area contributed by atoms with E-state index < -0.39 is 5.60 Å². The van der Waals surface area contributed by atoms with Gasteiger partial charge in [-0.05, 0) is 51.5 Å². The first kappa shape index (κ1) is 24.1. The lowest BCUT2D eigenvalue weighted by molar-refractivity contribution is 0.0216. The van der Waals surface area contributed by atoms with E-state index >= 15 is 0 Å². The van der Waals surface area contributed by atoms with Gasteiger partial charge in [-0.15, -0.1) is 0 Å². The number of anilines is 1. The van der Waals surface area contributed by atoms with Crippen molar-refractivity contribution in [2.75, 3.05) is 24.5 Å². The number of amides is 1. The summed E-state index contributed by atoms with van der Waals surface area (Å²) in [7, 11) is 0. The summed E-state index contributed by atoms with van der Waals surface area (Å²) in [5, 5.41) is 0.581. The summed E-state index contributed by atoms with van der Waals surface area (Å²) in [5.41, 5.74) is 4.11. The molecule has 8 heteroatoms. The van der Waals surface area contributed by atoms with Gasteiger partial charge in [-0.25, -0.2) is 4.79 Å². The number of piperazine rings is 1. The van der Waals surface area contributed by atoms with Crippen LogP contribution in [0, 0.1) is 0 Å². The Morgan fingerprint density at radius 1 is 1.11 bits per heavy atom. The number of carbonyl (C=O) groups is 1. The van der Waals surface area contributed by atoms with Gasteiger partial charge in [-0.2, -0.15) is 4.98 Å². The van der Waals surface area contributed by atoms with Gasteiger partial charge in [0.15, 0.2) is 5.58 Å². The first-order valence-corrected chi connectivity index (χ1v) is 12.4. The Balaban J connectivity index is 1.55. The average Bonchev–Trinajstić information content (AvgIpc) is 3.28. The molecule has 0 spiro atoms. The van der Waals surface area contributed by atoms with Crippen LogP contribution in [0.3, 0.4) is 0 Å². The molecular weight excluding hydrogens is 476 g/mol. The minimum atomic E-state index is -0.535. The lowest BCUT2D eigenvalue weighted by Gasteiger charge is -2.39. The second-order valence-electron chi connectivity index (χ2n) is 10.0. The molecule has 4 aromatic rings. The molecule has 0 bridgehead atoms. The third kappa shape index (κ3) is 4.75. The molecule has 2 aromatic heterocycles. The molecule has 1 amide bonds. The van der Waals surface area contributed by atoms with E-state index in [0.717, 1.165) is 22.4 Å². The van der Waals surface area contributed by atoms with Gasteiger partial charge in [0, 0.05) is 43.0 Å². The molecular formula is C28H29ClN4O3. The van der Waals surface area contributed by atoms with Crippen LogP contribution in [0.5, 0.6) is 0 Å². The Kier molecular flexibility index (Phi) is 6.35. The maximum atomic E-state index is 12.6. The molecule has 186 valence electrons. The van der Waals surface area contributed by atoms with Crippen LogP contribution >= 0.6 is 11.6 Å². The lowest BCUT2D eigenvalue weighted by atomic mass is 10.0. The molecule has 1 atom stereocenters. The highest BCUT2D eigenvalue weighted by molar-refractivity contribution is 6.35. The Morgan fingerprint density at radius 3 is 2.53 bits per heavy atom. The van der Waals surface area contributed by atoms with Crippen LogP contribution in [0.4, 0.5) is 10.8 Å². The number of pyridine rings is 1. The Hall–Kier alpha value is -3.58. The van der Waals surface area contributed by atoms with Crippen LogP contribution in [0.2, 0.25) is 5.02 Å². The van der Waals surface area contributed by atoms with E-state index in [0.29, 0.717) is 41.8 Å². The van der Waals surface area contributed by atoms with Gasteiger partial charge in [0.1, 0.15) is 11.1 Å². The minimum Gasteiger partial charge on any atom is -0.444 e. The smallest absolute Gasteiger partial charge is 0.410 e. The predicted octanol–water partition coefficient (Wildman–Crippen LogP) is 6.66. The molecule has 0 N–H and O–H groups in total. The summed E-state index contributed by atoms with van der Waals surface area (Å²) in [5.74, 6) is 0. The van der Waals surface area contributed by atoms with E-state index in [2.05, 4.69) is 16.8 Å². The number of benzene rings is 2. The van der Waals surface area contributed by atoms with E-state index in [1.807, 2.05) is 75.4 Å². The summed E-state index contributed by atoms with van der Waals surface area (Å²) < 4.78 is 12.0. The van der Waals surface area contributed by atoms with E-state index in [-0.39, 0.29) is 12.1 Å². The number of rotatable bonds is 3. The second-order valence-corrected chi connectivity index (χ2v) is 10.4. The van der Waals surface area contributed by atoms with Crippen LogP contribution in [-0.4, -0.2) is 52.2 Å². The van der Waals surface area contributed by atoms with Crippen LogP contribution in [-0.2, 0) is 4.74 Å². The van der Waals surface area contributed by atoms with Crippen molar-refractivity contribution < 1.29 is 13.9 Å². The molecule has 1 saturated heterocycles. The topological polar surface area (TPSA) is 71.7 Å². The van der Waals surface area contributed by atoms with Crippen molar-refractivity contribution in [1.29, 1.82) is 0 Å². The van der Waals surface area contributed by atoms with Gasteiger partial charge in [-0.3, -0.25) is 4.98 Å². The highest BCUT2D eigenvalue weighted by Gasteiger charge is 2.33. The predicted molar refractivity (Wildman–Crippen MR) is 142 cm³/mol. The molecule has 2 aromatic carbocycles. The number of hydrogen-bond acceptors (Lipinski definition) is 6. The number of carbonyl (C=O) groups excluding carboxylic acids is 1. The van der Waals surface area contributed by atoms with Crippen LogP contribution in [0.25, 0.3) is 33.5 Å². The zero-order chi connectivity index (χ0) is 25.4. The highest BCUT2D eigenvalue weighted by atomic mass is 35.5. The quantitative estimate of drug-likeness (QED) is 0.311. The summed E-state index contributed by atoms with van der Waals surface area (Å²) in [4.78, 5) is 25.9. The fraction of sp³-hybridized carbons (Fsp3) is 0.321. The largest absolute Gasteiger partial charge is 0.444 e. The van der Waals surface area contributed by atoms with Gasteiger partial charge < -0.3 is 19.0 Å². The zero-order valence-electron chi connectivity index (χ0n) is 20.9. The number of aromatic nitrogens is 2. The fourth-order valence-corrected chi connectivity index (χ4v) is 4.79. The molecule has 0 aliphatic carbocycles. The van der Waals surface area contributed by atoms with Gasteiger partial charge in [-0.1, -0.05) is 48.0 Å². The van der Waals surface area contributed by atoms with E-state index in [4.69, 9.17) is 25.7 Å². The molecule has 0 unspecified atom stereocenters. The molecule has 3 heterocycles. The third-order valence-electron chi connectivity index (χ3n) is 6.14. The molecule has 7 nitrogen and oxygen atoms in total. The average molecular weight is 505 g/mol. The van der Waals surface area contributed by atoms with Crippen molar-refractivity contribution in [3.8, 4) is 22.4 Å². The summed E-state index contributed by atoms with van der Waals surface area (Å²) in [6, 6.07) is 18.1. The lowest BCUT2D eigenvalue weighted by Crippen LogP contribution is -2.54. The summed E-state index contributed by atoms with van der Waals surface area (Å²) in [6.45, 7) is 9.26. The molecule has 36 heavy (non-hydrogen) atoms. The molecule has 1 aliphatic heterocycles. The molecule has 1 aliphatic rings. The van der Waals surface area contributed by atoms with E-state index in [9.17, 15) is 4.79 Å². The Labute approximate surface area is 215 Å². The Bertz CT molecular complexity index is 1380. The minimum absolute atomic E-state index is 0.0201. The molecule has 0 saturated carbocycles. The molecule has 0 radical (unpaired) electrons. The van der Waals surface area contributed by atoms with Crippen molar-refractivity contribution in [2.24, 2.45) is 0 Å². The number of ether oxygens (including phenoxy) is 1. The summed E-state index contributed by atoms with van der Waals surface area (Å²) >= 11 is 6.84. The van der Waals surface area contributed by atoms with Crippen LogP contribution in [0.15, 0.2) is 65.2 Å². The number of hydrogen-bond donors (Lipinski definition) is 0. The first-order valence-electron chi connectivity index (χ1n) is 12.1. The summed E-state index contributed by atoms with van der Waals surface area (Å²) in [6.07, 6.45) is 1.44. The van der Waals surface area contributed by atoms with Crippen molar-refractivity contribution in [2.45, 2.75) is 39.3 Å². The standard InChI is InChI=1S/C28H29ClN4O3/c1-18-17-32(27(34)36-28(2,3)4)14-15-33(18)26-31-24-23(19-10-6-5-7-11-19)21(29)16-20(25(24)35-26)22-12-8-9-13-30-22/h5-13,16,18H,14-15,17H2,1-4H3/t18-/m0/s1. The van der Waals surface area contributed by atoms with Crippen molar-refractivity contribution in [3.05, 3.63) is 65.8 Å². The van der Waals surface area contributed by atoms with Crippen molar-refractivity contribution in [1.82, 2.24) is 14.9 Å². The number of nitrogens with zero attached hydrogens (tertiary/aromatic N) is 4. The van der Waals surface area contributed by atoms with Gasteiger partial charge in [0.05, 0.1) is 10.7 Å². The maximum absolute atomic E-state index is 12.6. The van der Waals surface area contributed by atoms with Crippen molar-refractivity contribution in [3.63, 3.8) is 0 Å². The van der Waals surface area contributed by atoms with E-state index in [1.54, 1.807) is 11.1 Å². The van der Waals surface area contributed by atoms with Gasteiger partial charge >= 0.3 is 6.09 Å². The number of fused-ring (bicyclic) bond motifs is 1. The zero-order valence-corrected chi connectivity index (χ0v) is 21.6. The number of halogens is 1. The van der Waals surface area contributed by atoms with Crippen LogP contribution in [0.1, 0.15) is 27.7 Å². The molecule has 5 rings (SSSR count). The monoisotopic (exact) mass is 504 g/mol. The number of oxazole rings is 1. The van der Waals surface area contributed by atoms with Gasteiger partial charge in [0.2, 0.25) is 0 Å². The Morgan fingerprint density at radius 2 is 1.86 bits per heavy atom. The van der Waals surface area contributed by atoms with Crippen LogP contribution < -0.4 is 4.90 Å². The van der Waals surface area contributed by atoms with Gasteiger partial charge in [0.25, 0.3) is 6.01 Å². The SMILES string of the molecule is C[C@H]1CN(C(=O)OC(C)(C)C)CCN1c1nc2c(-c3ccccc3)c(Cl)cc(-c3ccccn3)c2o1. The fourth-order valence-electron chi connectivity index (χ4n) is 4.49. The van der Waals surface area contributed by atoms with E-state index in [1.165, 1.54) is 0 Å². The molecule has 1 fully saturated rings.